The van der Waals surface area contributed by atoms with E-state index in [0.29, 0.717) is 18.9 Å². The summed E-state index contributed by atoms with van der Waals surface area (Å²) in [6.07, 6.45) is 0.0639. The molecule has 0 saturated heterocycles. The van der Waals surface area contributed by atoms with Gasteiger partial charge in [0.25, 0.3) is 5.69 Å². The van der Waals surface area contributed by atoms with Crippen molar-refractivity contribution in [3.05, 3.63) is 58.1 Å². The van der Waals surface area contributed by atoms with Crippen molar-refractivity contribution >= 4 is 27.3 Å². The number of anilines is 1. The van der Waals surface area contributed by atoms with Crippen LogP contribution in [0.2, 0.25) is 0 Å². The average Bonchev–Trinajstić information content (AvgIpc) is 2.70. The van der Waals surface area contributed by atoms with E-state index < -0.39 is 20.6 Å². The molecule has 0 radical (unpaired) electrons. The Balaban J connectivity index is 1.76. The van der Waals surface area contributed by atoms with Gasteiger partial charge < -0.3 is 15.4 Å². The molecule has 10 nitrogen and oxygen atoms in total. The molecule has 32 heavy (non-hydrogen) atoms. The number of rotatable bonds is 10. The summed E-state index contributed by atoms with van der Waals surface area (Å²) in [6.45, 7) is 7.12. The number of amides is 1. The molecule has 0 unspecified atom stereocenters. The molecule has 0 heterocycles. The third-order valence-electron chi connectivity index (χ3n) is 4.58. The van der Waals surface area contributed by atoms with Crippen molar-refractivity contribution in [3.63, 3.8) is 0 Å². The maximum Gasteiger partial charge on any atom is 0.293 e. The number of hydrogen-bond acceptors (Lipinski definition) is 7. The number of carbonyl (C=O) groups excluding carboxylic acids is 1. The fourth-order valence-electron chi connectivity index (χ4n) is 2.80. The molecule has 0 aromatic heterocycles. The highest BCUT2D eigenvalue weighted by Gasteiger charge is 2.19. The van der Waals surface area contributed by atoms with Gasteiger partial charge in [0.1, 0.15) is 18.0 Å². The molecule has 4 N–H and O–H groups in total. The Morgan fingerprint density at radius 3 is 2.34 bits per heavy atom. The number of primary sulfonamides is 1. The highest BCUT2D eigenvalue weighted by atomic mass is 32.2. The van der Waals surface area contributed by atoms with E-state index in [1.807, 2.05) is 24.3 Å². The highest BCUT2D eigenvalue weighted by molar-refractivity contribution is 7.89. The fourth-order valence-corrected chi connectivity index (χ4v) is 3.33. The molecule has 1 amide bonds. The molecule has 0 bridgehead atoms. The van der Waals surface area contributed by atoms with Crippen LogP contribution in [-0.2, 0) is 20.2 Å². The van der Waals surface area contributed by atoms with Crippen LogP contribution in [0.25, 0.3) is 0 Å². The second kappa shape index (κ2) is 10.4. The lowest BCUT2D eigenvalue weighted by Gasteiger charge is -2.19. The van der Waals surface area contributed by atoms with Gasteiger partial charge in [-0.3, -0.25) is 14.9 Å². The molecule has 0 fully saturated rings. The number of ether oxygens (including phenoxy) is 1. The van der Waals surface area contributed by atoms with Gasteiger partial charge in [-0.25, -0.2) is 13.6 Å². The van der Waals surface area contributed by atoms with E-state index in [2.05, 4.69) is 31.4 Å². The van der Waals surface area contributed by atoms with E-state index in [9.17, 15) is 23.3 Å². The summed E-state index contributed by atoms with van der Waals surface area (Å²) >= 11 is 0. The summed E-state index contributed by atoms with van der Waals surface area (Å²) < 4.78 is 28.3. The van der Waals surface area contributed by atoms with Crippen LogP contribution >= 0.6 is 0 Å². The van der Waals surface area contributed by atoms with Crippen molar-refractivity contribution in [2.75, 3.05) is 25.0 Å². The second-order valence-electron chi connectivity index (χ2n) is 8.13. The molecule has 0 aliphatic carbocycles. The van der Waals surface area contributed by atoms with Crippen LogP contribution in [0.4, 0.5) is 11.4 Å². The van der Waals surface area contributed by atoms with Crippen molar-refractivity contribution in [2.24, 2.45) is 5.14 Å². The maximum absolute atomic E-state index is 12.0. The Morgan fingerprint density at radius 2 is 1.78 bits per heavy atom. The summed E-state index contributed by atoms with van der Waals surface area (Å²) in [4.78, 5) is 22.1. The van der Waals surface area contributed by atoms with Crippen LogP contribution in [-0.4, -0.2) is 38.9 Å². The molecule has 0 spiro atoms. The van der Waals surface area contributed by atoms with Crippen LogP contribution in [0, 0.1) is 10.1 Å². The third-order valence-corrected chi connectivity index (χ3v) is 5.49. The van der Waals surface area contributed by atoms with Gasteiger partial charge >= 0.3 is 0 Å². The Morgan fingerprint density at radius 1 is 1.12 bits per heavy atom. The highest BCUT2D eigenvalue weighted by Crippen LogP contribution is 2.27. The van der Waals surface area contributed by atoms with Gasteiger partial charge in [-0.05, 0) is 35.2 Å². The zero-order valence-corrected chi connectivity index (χ0v) is 19.1. The summed E-state index contributed by atoms with van der Waals surface area (Å²) in [5.74, 6) is 0.456. The minimum Gasteiger partial charge on any atom is -0.492 e. The van der Waals surface area contributed by atoms with Crippen LogP contribution in [0.5, 0.6) is 5.75 Å². The van der Waals surface area contributed by atoms with Crippen molar-refractivity contribution < 1.29 is 22.9 Å². The smallest absolute Gasteiger partial charge is 0.293 e. The summed E-state index contributed by atoms with van der Waals surface area (Å²) in [5, 5.41) is 21.7. The van der Waals surface area contributed by atoms with E-state index in [1.165, 1.54) is 11.6 Å². The Kier molecular flexibility index (Phi) is 8.17. The minimum absolute atomic E-state index is 0.0606. The number of nitrogens with zero attached hydrogens (tertiary/aromatic N) is 1. The fraction of sp³-hybridized carbons (Fsp3) is 0.381. The normalized spacial score (nSPS) is 11.6. The lowest BCUT2D eigenvalue weighted by atomic mass is 9.87. The number of sulfonamides is 1. The first-order chi connectivity index (χ1) is 14.9. The number of nitrogens with two attached hydrogens (primary N) is 1. The van der Waals surface area contributed by atoms with Crippen molar-refractivity contribution in [2.45, 2.75) is 37.5 Å². The second-order valence-corrected chi connectivity index (χ2v) is 9.69. The van der Waals surface area contributed by atoms with Crippen molar-refractivity contribution in [1.29, 1.82) is 0 Å². The number of nitro groups is 1. The number of nitrogens with one attached hydrogen (secondary N) is 2. The topological polar surface area (TPSA) is 154 Å². The predicted octanol–water partition coefficient (Wildman–Crippen LogP) is 2.54. The van der Waals surface area contributed by atoms with E-state index in [1.54, 1.807) is 0 Å². The van der Waals surface area contributed by atoms with Crippen molar-refractivity contribution in [3.8, 4) is 5.75 Å². The van der Waals surface area contributed by atoms with Gasteiger partial charge in [-0.2, -0.15) is 0 Å². The summed E-state index contributed by atoms with van der Waals surface area (Å²) in [5.41, 5.74) is 0.913. The quantitative estimate of drug-likeness (QED) is 0.277. The summed E-state index contributed by atoms with van der Waals surface area (Å²) in [7, 11) is -4.06. The number of benzene rings is 2. The van der Waals surface area contributed by atoms with Crippen LogP contribution in [0.15, 0.2) is 47.4 Å². The van der Waals surface area contributed by atoms with Gasteiger partial charge in [0.2, 0.25) is 15.9 Å². The average molecular weight is 465 g/mol. The van der Waals surface area contributed by atoms with E-state index >= 15 is 0 Å². The third kappa shape index (κ3) is 7.50. The molecule has 0 saturated carbocycles. The predicted molar refractivity (Wildman–Crippen MR) is 121 cm³/mol. The van der Waals surface area contributed by atoms with Gasteiger partial charge in [0.15, 0.2) is 0 Å². The SMILES string of the molecule is CC(C)(C)c1ccc(OCCNC(=O)CCNc2ccc(S(N)(=O)=O)cc2[N+](=O)[O-])cc1. The van der Waals surface area contributed by atoms with Crippen LogP contribution < -0.4 is 20.5 Å². The largest absolute Gasteiger partial charge is 0.492 e. The molecule has 0 aliphatic heterocycles. The molecule has 2 aromatic rings. The Bertz CT molecular complexity index is 1060. The number of hydrogen-bond donors (Lipinski definition) is 3. The van der Waals surface area contributed by atoms with Crippen LogP contribution in [0.3, 0.4) is 0 Å². The first-order valence-corrected chi connectivity index (χ1v) is 11.5. The first-order valence-electron chi connectivity index (χ1n) is 9.93. The van der Waals surface area contributed by atoms with Gasteiger partial charge in [-0.15, -0.1) is 0 Å². The molecular formula is C21H28N4O6S. The van der Waals surface area contributed by atoms with Gasteiger partial charge in [0, 0.05) is 19.0 Å². The molecule has 0 aliphatic rings. The number of nitro benzene ring substituents is 1. The van der Waals surface area contributed by atoms with Gasteiger partial charge in [-0.1, -0.05) is 32.9 Å². The summed E-state index contributed by atoms with van der Waals surface area (Å²) in [6, 6.07) is 11.1. The van der Waals surface area contributed by atoms with Gasteiger partial charge in [0.05, 0.1) is 16.4 Å². The Hall–Kier alpha value is -3.18. The van der Waals surface area contributed by atoms with Crippen LogP contribution in [0.1, 0.15) is 32.8 Å². The standard InChI is InChI=1S/C21H28N4O6S/c1-21(2,3)15-4-6-16(7-5-15)31-13-12-24-20(26)10-11-23-18-9-8-17(32(22,29)30)14-19(18)25(27)28/h4-9,14,23H,10-13H2,1-3H3,(H,24,26)(H2,22,29,30). The van der Waals surface area contributed by atoms with Crippen molar-refractivity contribution in [1.82, 2.24) is 5.32 Å². The molecule has 174 valence electrons. The van der Waals surface area contributed by atoms with E-state index in [0.717, 1.165) is 12.1 Å². The molecule has 11 heteroatoms. The monoisotopic (exact) mass is 464 g/mol. The minimum atomic E-state index is -4.06. The lowest BCUT2D eigenvalue weighted by Crippen LogP contribution is -2.29. The van der Waals surface area contributed by atoms with E-state index in [-0.39, 0.29) is 34.9 Å². The lowest BCUT2D eigenvalue weighted by molar-refractivity contribution is -0.384. The zero-order valence-electron chi connectivity index (χ0n) is 18.3. The molecular weight excluding hydrogens is 436 g/mol. The first kappa shape index (κ1) is 25.1. The Labute approximate surface area is 187 Å². The maximum atomic E-state index is 12.0. The molecule has 2 aromatic carbocycles. The van der Waals surface area contributed by atoms with E-state index in [4.69, 9.17) is 9.88 Å². The number of carbonyl (C=O) groups is 1. The molecule has 0 atom stereocenters. The molecule has 2 rings (SSSR count). The zero-order chi connectivity index (χ0) is 23.9.